The van der Waals surface area contributed by atoms with Crippen LogP contribution in [-0.4, -0.2) is 36.9 Å². The zero-order valence-electron chi connectivity index (χ0n) is 13.9. The highest BCUT2D eigenvalue weighted by Gasteiger charge is 2.20. The maximum absolute atomic E-state index is 12.7. The van der Waals surface area contributed by atoms with E-state index in [2.05, 4.69) is 4.90 Å². The Labute approximate surface area is 138 Å². The van der Waals surface area contributed by atoms with Gasteiger partial charge in [-0.2, -0.15) is 0 Å². The minimum absolute atomic E-state index is 0.133. The van der Waals surface area contributed by atoms with Crippen LogP contribution in [0.4, 0.5) is 0 Å². The molecule has 0 bridgehead atoms. The van der Waals surface area contributed by atoms with Crippen LogP contribution in [0.3, 0.4) is 0 Å². The number of hydrogen-bond acceptors (Lipinski definition) is 3. The minimum Gasteiger partial charge on any atom is -0.493 e. The number of halogens is 1. The van der Waals surface area contributed by atoms with Crippen molar-refractivity contribution in [1.29, 1.82) is 0 Å². The molecule has 0 spiro atoms. The summed E-state index contributed by atoms with van der Waals surface area (Å²) in [6.07, 6.45) is 4.33. The van der Waals surface area contributed by atoms with Gasteiger partial charge in [-0.1, -0.05) is 18.0 Å². The van der Waals surface area contributed by atoms with Gasteiger partial charge in [0, 0.05) is 18.0 Å². The van der Waals surface area contributed by atoms with Gasteiger partial charge >= 0.3 is 0 Å². The lowest BCUT2D eigenvalue weighted by molar-refractivity contribution is 0.0954. The molecule has 1 aromatic carbocycles. The van der Waals surface area contributed by atoms with E-state index in [9.17, 15) is 4.79 Å². The van der Waals surface area contributed by atoms with Gasteiger partial charge in [0.15, 0.2) is 5.78 Å². The monoisotopic (exact) mass is 323 g/mol. The summed E-state index contributed by atoms with van der Waals surface area (Å²) in [6, 6.07) is 1.88. The molecule has 0 aliphatic carbocycles. The lowest BCUT2D eigenvalue weighted by atomic mass is 9.98. The summed E-state index contributed by atoms with van der Waals surface area (Å²) in [7, 11) is 0. The molecule has 0 radical (unpaired) electrons. The molecule has 0 unspecified atom stereocenters. The zero-order chi connectivity index (χ0) is 16.1. The van der Waals surface area contributed by atoms with Gasteiger partial charge in [0.05, 0.1) is 12.2 Å². The second-order valence-corrected chi connectivity index (χ2v) is 6.39. The highest BCUT2D eigenvalue weighted by molar-refractivity contribution is 6.32. The van der Waals surface area contributed by atoms with Crippen molar-refractivity contribution in [2.45, 2.75) is 46.5 Å². The van der Waals surface area contributed by atoms with Crippen LogP contribution < -0.4 is 4.74 Å². The number of nitrogens with zero attached hydrogens (tertiary/aromatic N) is 1. The Hall–Kier alpha value is -1.06. The molecule has 22 heavy (non-hydrogen) atoms. The summed E-state index contributed by atoms with van der Waals surface area (Å²) in [5.74, 6) is 0.805. The third-order valence-electron chi connectivity index (χ3n) is 4.33. The van der Waals surface area contributed by atoms with Crippen LogP contribution in [0.25, 0.3) is 0 Å². The predicted molar refractivity (Wildman–Crippen MR) is 91.3 cm³/mol. The van der Waals surface area contributed by atoms with Crippen molar-refractivity contribution < 1.29 is 9.53 Å². The molecule has 1 aromatic rings. The maximum atomic E-state index is 12.7. The largest absolute Gasteiger partial charge is 0.493 e. The van der Waals surface area contributed by atoms with E-state index in [0.717, 1.165) is 30.8 Å². The topological polar surface area (TPSA) is 29.5 Å². The number of carbonyl (C=O) groups excluding carboxylic acids is 1. The third-order valence-corrected chi connectivity index (χ3v) is 4.91. The van der Waals surface area contributed by atoms with E-state index in [4.69, 9.17) is 16.3 Å². The molecule has 0 saturated carbocycles. The van der Waals surface area contributed by atoms with E-state index < -0.39 is 0 Å². The van der Waals surface area contributed by atoms with Gasteiger partial charge in [0.1, 0.15) is 5.75 Å². The molecule has 4 heteroatoms. The number of carbonyl (C=O) groups is 1. The van der Waals surface area contributed by atoms with Crippen molar-refractivity contribution in [1.82, 2.24) is 4.90 Å². The summed E-state index contributed by atoms with van der Waals surface area (Å²) in [5.41, 5.74) is 2.46. The number of piperidine rings is 1. The summed E-state index contributed by atoms with van der Waals surface area (Å²) in [6.45, 7) is 9.38. The maximum Gasteiger partial charge on any atom is 0.168 e. The van der Waals surface area contributed by atoms with Crippen LogP contribution >= 0.6 is 11.6 Å². The molecule has 1 aliphatic rings. The molecule has 1 aliphatic heterocycles. The summed E-state index contributed by atoms with van der Waals surface area (Å²) >= 11 is 6.33. The van der Waals surface area contributed by atoms with Crippen molar-refractivity contribution in [2.75, 3.05) is 26.2 Å². The quantitative estimate of drug-likeness (QED) is 0.726. The fourth-order valence-corrected chi connectivity index (χ4v) is 3.26. The highest BCUT2D eigenvalue weighted by Crippen LogP contribution is 2.32. The van der Waals surface area contributed by atoms with Gasteiger partial charge in [0.25, 0.3) is 0 Å². The fourth-order valence-electron chi connectivity index (χ4n) is 3.11. The Bertz CT molecular complexity index is 536. The number of ketones is 1. The third kappa shape index (κ3) is 4.02. The first-order valence-electron chi connectivity index (χ1n) is 8.22. The molecule has 0 N–H and O–H groups in total. The second kappa shape index (κ2) is 7.98. The van der Waals surface area contributed by atoms with E-state index in [0.29, 0.717) is 29.4 Å². The number of likely N-dealkylation sites (tertiary alicyclic amines) is 1. The molecular weight excluding hydrogens is 298 g/mol. The summed E-state index contributed by atoms with van der Waals surface area (Å²) < 4.78 is 5.67. The van der Waals surface area contributed by atoms with Crippen molar-refractivity contribution in [3.63, 3.8) is 0 Å². The Balaban J connectivity index is 2.14. The van der Waals surface area contributed by atoms with Crippen molar-refractivity contribution in [3.05, 3.63) is 27.8 Å². The number of Topliss-reactive ketones (excluding diaryl/α,β-unsaturated/α-hetero) is 1. The molecule has 0 aromatic heterocycles. The number of hydrogen-bond donors (Lipinski definition) is 0. The Morgan fingerprint density at radius 3 is 2.59 bits per heavy atom. The van der Waals surface area contributed by atoms with Crippen LogP contribution in [-0.2, 0) is 0 Å². The average Bonchev–Trinajstić information content (AvgIpc) is 2.52. The van der Waals surface area contributed by atoms with Crippen LogP contribution in [0.1, 0.15) is 54.1 Å². The van der Waals surface area contributed by atoms with Gasteiger partial charge in [-0.15, -0.1) is 0 Å². The van der Waals surface area contributed by atoms with Crippen LogP contribution in [0.2, 0.25) is 5.02 Å². The van der Waals surface area contributed by atoms with Crippen LogP contribution in [0.15, 0.2) is 6.07 Å². The lowest BCUT2D eigenvalue weighted by Gasteiger charge is -2.26. The average molecular weight is 324 g/mol. The summed E-state index contributed by atoms with van der Waals surface area (Å²) in [4.78, 5) is 15.1. The minimum atomic E-state index is 0.133. The molecular formula is C18H26ClNO2. The van der Waals surface area contributed by atoms with Gasteiger partial charge < -0.3 is 9.64 Å². The van der Waals surface area contributed by atoms with Gasteiger partial charge in [0.2, 0.25) is 0 Å². The van der Waals surface area contributed by atoms with E-state index in [1.807, 2.05) is 26.8 Å². The van der Waals surface area contributed by atoms with E-state index in [-0.39, 0.29) is 5.78 Å². The zero-order valence-corrected chi connectivity index (χ0v) is 14.6. The first-order chi connectivity index (χ1) is 10.5. The first-order valence-corrected chi connectivity index (χ1v) is 8.60. The Morgan fingerprint density at radius 2 is 1.95 bits per heavy atom. The Morgan fingerprint density at radius 1 is 1.27 bits per heavy atom. The molecule has 1 heterocycles. The molecule has 2 rings (SSSR count). The molecule has 0 atom stereocenters. The number of ether oxygens (including phenoxy) is 1. The van der Waals surface area contributed by atoms with Crippen LogP contribution in [0, 0.1) is 13.8 Å². The summed E-state index contributed by atoms with van der Waals surface area (Å²) in [5, 5.41) is 0.671. The molecule has 3 nitrogen and oxygen atoms in total. The molecule has 122 valence electrons. The van der Waals surface area contributed by atoms with Crippen molar-refractivity contribution in [2.24, 2.45) is 0 Å². The first kappa shape index (κ1) is 17.3. The van der Waals surface area contributed by atoms with E-state index >= 15 is 0 Å². The fraction of sp³-hybridized carbons (Fsp3) is 0.611. The molecule has 1 saturated heterocycles. The van der Waals surface area contributed by atoms with Gasteiger partial charge in [-0.3, -0.25) is 4.79 Å². The van der Waals surface area contributed by atoms with Crippen LogP contribution in [0.5, 0.6) is 5.75 Å². The number of aryl methyl sites for hydroxylation is 1. The standard InChI is InChI=1S/C18H26ClNO2/c1-4-22-16-12-13(2)18(19)14(3)17(16)15(21)8-11-20-9-6-5-7-10-20/h12H,4-11H2,1-3H3. The van der Waals surface area contributed by atoms with E-state index in [1.165, 1.54) is 19.3 Å². The SMILES string of the molecule is CCOc1cc(C)c(Cl)c(C)c1C(=O)CCN1CCCCC1. The van der Waals surface area contributed by atoms with Crippen molar-refractivity contribution >= 4 is 17.4 Å². The number of rotatable bonds is 6. The van der Waals surface area contributed by atoms with Gasteiger partial charge in [-0.25, -0.2) is 0 Å². The predicted octanol–water partition coefficient (Wildman–Crippen LogP) is 4.41. The van der Waals surface area contributed by atoms with Gasteiger partial charge in [-0.05, 0) is 63.9 Å². The lowest BCUT2D eigenvalue weighted by Crippen LogP contribution is -2.31. The highest BCUT2D eigenvalue weighted by atomic mass is 35.5. The second-order valence-electron chi connectivity index (χ2n) is 6.01. The van der Waals surface area contributed by atoms with Crippen molar-refractivity contribution in [3.8, 4) is 5.75 Å². The number of benzene rings is 1. The van der Waals surface area contributed by atoms with E-state index in [1.54, 1.807) is 0 Å². The normalized spacial score (nSPS) is 15.8. The molecule has 0 amide bonds. The smallest absolute Gasteiger partial charge is 0.168 e. The molecule has 1 fully saturated rings. The Kier molecular flexibility index (Phi) is 6.27.